The number of hydrogen-bond donors (Lipinski definition) is 2. The lowest BCUT2D eigenvalue weighted by Gasteiger charge is -2.17. The van der Waals surface area contributed by atoms with Gasteiger partial charge in [0.2, 0.25) is 0 Å². The topological polar surface area (TPSA) is 94.3 Å². The molecule has 1 aliphatic rings. The van der Waals surface area contributed by atoms with Crippen molar-refractivity contribution in [1.82, 2.24) is 4.90 Å². The van der Waals surface area contributed by atoms with E-state index < -0.39 is 12.3 Å². The SMILES string of the molecule is COc1cc(CN)ccc1Oc1ccc(C(=O)N2C[C@@H](O)[C@H](F)C2)cc1OC.Cl. The van der Waals surface area contributed by atoms with Gasteiger partial charge in [0.1, 0.15) is 12.3 Å². The van der Waals surface area contributed by atoms with Gasteiger partial charge in [-0.15, -0.1) is 12.4 Å². The Labute approximate surface area is 174 Å². The molecule has 3 rings (SSSR count). The lowest BCUT2D eigenvalue weighted by molar-refractivity contribution is 0.0764. The highest BCUT2D eigenvalue weighted by molar-refractivity contribution is 5.95. The Kier molecular flexibility index (Phi) is 7.66. The van der Waals surface area contributed by atoms with Crippen LogP contribution in [0.15, 0.2) is 36.4 Å². The minimum Gasteiger partial charge on any atom is -0.493 e. The van der Waals surface area contributed by atoms with E-state index in [0.29, 0.717) is 35.1 Å². The van der Waals surface area contributed by atoms with Gasteiger partial charge in [-0.3, -0.25) is 4.79 Å². The molecule has 2 aromatic carbocycles. The Morgan fingerprint density at radius 2 is 1.72 bits per heavy atom. The molecule has 0 unspecified atom stereocenters. The number of likely N-dealkylation sites (tertiary alicyclic amines) is 1. The van der Waals surface area contributed by atoms with Crippen LogP contribution in [0.4, 0.5) is 4.39 Å². The van der Waals surface area contributed by atoms with Crippen LogP contribution < -0.4 is 19.9 Å². The maximum absolute atomic E-state index is 13.5. The van der Waals surface area contributed by atoms with E-state index in [1.165, 1.54) is 25.2 Å². The summed E-state index contributed by atoms with van der Waals surface area (Å²) in [7, 11) is 2.99. The van der Waals surface area contributed by atoms with Crippen LogP contribution in [-0.2, 0) is 6.54 Å². The van der Waals surface area contributed by atoms with Crippen molar-refractivity contribution in [2.45, 2.75) is 18.8 Å². The van der Waals surface area contributed by atoms with Crippen molar-refractivity contribution in [3.63, 3.8) is 0 Å². The van der Waals surface area contributed by atoms with Gasteiger partial charge in [-0.05, 0) is 35.9 Å². The van der Waals surface area contributed by atoms with Crippen LogP contribution in [-0.4, -0.2) is 55.5 Å². The lowest BCUT2D eigenvalue weighted by atomic mass is 10.1. The molecular formula is C20H24ClFN2O5. The summed E-state index contributed by atoms with van der Waals surface area (Å²) >= 11 is 0. The lowest BCUT2D eigenvalue weighted by Crippen LogP contribution is -2.29. The molecule has 2 atom stereocenters. The Morgan fingerprint density at radius 1 is 1.10 bits per heavy atom. The van der Waals surface area contributed by atoms with Crippen molar-refractivity contribution in [2.24, 2.45) is 5.73 Å². The first-order chi connectivity index (χ1) is 13.5. The number of alkyl halides is 1. The third kappa shape index (κ3) is 4.90. The number of carbonyl (C=O) groups excluding carboxylic acids is 1. The van der Waals surface area contributed by atoms with Gasteiger partial charge in [0.05, 0.1) is 20.8 Å². The monoisotopic (exact) mass is 426 g/mol. The number of amides is 1. The van der Waals surface area contributed by atoms with Crippen LogP contribution >= 0.6 is 12.4 Å². The third-order valence-corrected chi connectivity index (χ3v) is 4.60. The highest BCUT2D eigenvalue weighted by Gasteiger charge is 2.34. The second-order valence-electron chi connectivity index (χ2n) is 6.45. The van der Waals surface area contributed by atoms with Crippen LogP contribution in [0.1, 0.15) is 15.9 Å². The van der Waals surface area contributed by atoms with Crippen LogP contribution in [0, 0.1) is 0 Å². The van der Waals surface area contributed by atoms with Crippen LogP contribution in [0.3, 0.4) is 0 Å². The molecule has 1 fully saturated rings. The third-order valence-electron chi connectivity index (χ3n) is 4.60. The first kappa shape index (κ1) is 22.7. The minimum absolute atomic E-state index is 0. The Morgan fingerprint density at radius 3 is 2.28 bits per heavy atom. The highest BCUT2D eigenvalue weighted by atomic mass is 35.5. The van der Waals surface area contributed by atoms with Gasteiger partial charge in [0.25, 0.3) is 5.91 Å². The molecule has 1 aliphatic heterocycles. The van der Waals surface area contributed by atoms with E-state index in [2.05, 4.69) is 0 Å². The molecule has 0 spiro atoms. The summed E-state index contributed by atoms with van der Waals surface area (Å²) < 4.78 is 30.1. The molecule has 0 aromatic heterocycles. The number of ether oxygens (including phenoxy) is 3. The Balaban J connectivity index is 0.00000300. The zero-order chi connectivity index (χ0) is 20.3. The number of halogens is 2. The van der Waals surface area contributed by atoms with Gasteiger partial charge in [0.15, 0.2) is 23.0 Å². The molecular weight excluding hydrogens is 403 g/mol. The predicted molar refractivity (Wildman–Crippen MR) is 108 cm³/mol. The number of aliphatic hydroxyl groups excluding tert-OH is 1. The summed E-state index contributed by atoms with van der Waals surface area (Å²) in [6.45, 7) is 0.207. The van der Waals surface area contributed by atoms with Crippen molar-refractivity contribution in [1.29, 1.82) is 0 Å². The molecule has 2 aromatic rings. The second kappa shape index (κ2) is 9.78. The molecule has 0 radical (unpaired) electrons. The smallest absolute Gasteiger partial charge is 0.254 e. The zero-order valence-electron chi connectivity index (χ0n) is 16.1. The van der Waals surface area contributed by atoms with Gasteiger partial charge in [-0.1, -0.05) is 6.07 Å². The van der Waals surface area contributed by atoms with E-state index in [-0.39, 0.29) is 31.4 Å². The van der Waals surface area contributed by atoms with E-state index in [9.17, 15) is 14.3 Å². The van der Waals surface area contributed by atoms with Crippen molar-refractivity contribution in [3.05, 3.63) is 47.5 Å². The average molecular weight is 427 g/mol. The quantitative estimate of drug-likeness (QED) is 0.737. The number of nitrogens with two attached hydrogens (primary N) is 1. The summed E-state index contributed by atoms with van der Waals surface area (Å²) in [6, 6.07) is 10.0. The maximum Gasteiger partial charge on any atom is 0.254 e. The number of methoxy groups -OCH3 is 2. The molecule has 1 saturated heterocycles. The number of nitrogens with zero attached hydrogens (tertiary/aromatic N) is 1. The van der Waals surface area contributed by atoms with Gasteiger partial charge >= 0.3 is 0 Å². The van der Waals surface area contributed by atoms with E-state index in [4.69, 9.17) is 19.9 Å². The van der Waals surface area contributed by atoms with Crippen molar-refractivity contribution in [2.75, 3.05) is 27.3 Å². The predicted octanol–water partition coefficient (Wildman–Crippen LogP) is 2.53. The fourth-order valence-electron chi connectivity index (χ4n) is 3.02. The number of carbonyl (C=O) groups is 1. The molecule has 1 heterocycles. The van der Waals surface area contributed by atoms with Gasteiger partial charge < -0.3 is 30.0 Å². The summed E-state index contributed by atoms with van der Waals surface area (Å²) in [4.78, 5) is 13.8. The summed E-state index contributed by atoms with van der Waals surface area (Å²) in [6.07, 6.45) is -2.59. The van der Waals surface area contributed by atoms with Crippen molar-refractivity contribution < 1.29 is 28.5 Å². The van der Waals surface area contributed by atoms with E-state index in [1.807, 2.05) is 6.07 Å². The Hall–Kier alpha value is -2.55. The molecule has 158 valence electrons. The first-order valence-corrected chi connectivity index (χ1v) is 8.81. The van der Waals surface area contributed by atoms with Crippen molar-refractivity contribution in [3.8, 4) is 23.0 Å². The fraction of sp³-hybridized carbons (Fsp3) is 0.350. The number of aliphatic hydroxyl groups is 1. The molecule has 3 N–H and O–H groups in total. The first-order valence-electron chi connectivity index (χ1n) is 8.81. The molecule has 1 amide bonds. The van der Waals surface area contributed by atoms with Gasteiger partial charge in [-0.25, -0.2) is 4.39 Å². The molecule has 9 heteroatoms. The standard InChI is InChI=1S/C20H23FN2O5.ClH/c1-26-18-7-12(9-22)3-5-16(18)28-17-6-4-13(8-19(17)27-2)20(25)23-10-14(21)15(24)11-23;/h3-8,14-15,24H,9-11,22H2,1-2H3;1H/t14-,15-;/m1./s1. The number of benzene rings is 2. The molecule has 0 aliphatic carbocycles. The van der Waals surface area contributed by atoms with E-state index in [1.54, 1.807) is 24.3 Å². The van der Waals surface area contributed by atoms with E-state index in [0.717, 1.165) is 5.56 Å². The molecule has 0 bridgehead atoms. The number of β-amino-alcohol motifs (C(OH)–C–C–N with tert-alkyl or cyclic N) is 1. The number of hydrogen-bond acceptors (Lipinski definition) is 6. The maximum atomic E-state index is 13.5. The second-order valence-corrected chi connectivity index (χ2v) is 6.45. The molecule has 29 heavy (non-hydrogen) atoms. The average Bonchev–Trinajstić information content (AvgIpc) is 3.06. The Bertz CT molecular complexity index is 857. The van der Waals surface area contributed by atoms with Crippen LogP contribution in [0.2, 0.25) is 0 Å². The van der Waals surface area contributed by atoms with E-state index >= 15 is 0 Å². The van der Waals surface area contributed by atoms with Crippen LogP contribution in [0.25, 0.3) is 0 Å². The van der Waals surface area contributed by atoms with Crippen LogP contribution in [0.5, 0.6) is 23.0 Å². The minimum atomic E-state index is -1.43. The summed E-state index contributed by atoms with van der Waals surface area (Å²) in [5, 5.41) is 9.53. The highest BCUT2D eigenvalue weighted by Crippen LogP contribution is 2.37. The fourth-order valence-corrected chi connectivity index (χ4v) is 3.02. The zero-order valence-corrected chi connectivity index (χ0v) is 16.9. The summed E-state index contributed by atoms with van der Waals surface area (Å²) in [5.41, 5.74) is 6.86. The van der Waals surface area contributed by atoms with Gasteiger partial charge in [0, 0.05) is 18.7 Å². The van der Waals surface area contributed by atoms with Crippen molar-refractivity contribution >= 4 is 18.3 Å². The molecule has 7 nitrogen and oxygen atoms in total. The normalized spacial score (nSPS) is 18.2. The largest absolute Gasteiger partial charge is 0.493 e. The molecule has 0 saturated carbocycles. The summed E-state index contributed by atoms with van der Waals surface area (Å²) in [5.74, 6) is 1.34. The number of rotatable bonds is 6. The van der Waals surface area contributed by atoms with Gasteiger partial charge in [-0.2, -0.15) is 0 Å².